The molecule has 0 atom stereocenters. The average molecular weight is 227 g/mol. The Morgan fingerprint density at radius 1 is 1.13 bits per heavy atom. The predicted octanol–water partition coefficient (Wildman–Crippen LogP) is 3.17. The maximum atomic E-state index is 5.21. The van der Waals surface area contributed by atoms with Crippen molar-refractivity contribution in [3.63, 3.8) is 0 Å². The van der Waals surface area contributed by atoms with Gasteiger partial charge in [0.1, 0.15) is 0 Å². The molecule has 0 spiro atoms. The molecule has 84 valence electrons. The standard InChI is InChI=1S/C11H17NO2S/c1-8(2)15-12-9-5-6-10(13-3)11(7-9)14-4/h5-8,12H,1-4H3. The molecule has 0 saturated heterocycles. The fourth-order valence-corrected chi connectivity index (χ4v) is 1.58. The van der Waals surface area contributed by atoms with E-state index in [2.05, 4.69) is 18.6 Å². The summed E-state index contributed by atoms with van der Waals surface area (Å²) >= 11 is 1.67. The second-order valence-electron chi connectivity index (χ2n) is 3.34. The molecule has 0 amide bonds. The number of hydrogen-bond acceptors (Lipinski definition) is 4. The van der Waals surface area contributed by atoms with Crippen molar-refractivity contribution in [1.82, 2.24) is 0 Å². The van der Waals surface area contributed by atoms with Gasteiger partial charge in [-0.2, -0.15) is 0 Å². The minimum atomic E-state index is 0.540. The molecule has 0 aliphatic rings. The van der Waals surface area contributed by atoms with Crippen molar-refractivity contribution in [2.75, 3.05) is 18.9 Å². The highest BCUT2D eigenvalue weighted by Crippen LogP contribution is 2.30. The van der Waals surface area contributed by atoms with Crippen molar-refractivity contribution in [2.24, 2.45) is 0 Å². The topological polar surface area (TPSA) is 30.5 Å². The molecule has 0 bridgehead atoms. The Bertz CT molecular complexity index is 315. The lowest BCUT2D eigenvalue weighted by Crippen LogP contribution is -1.96. The van der Waals surface area contributed by atoms with Gasteiger partial charge in [-0.25, -0.2) is 0 Å². The van der Waals surface area contributed by atoms with Crippen LogP contribution in [0.25, 0.3) is 0 Å². The lowest BCUT2D eigenvalue weighted by Gasteiger charge is -2.11. The van der Waals surface area contributed by atoms with E-state index in [0.29, 0.717) is 5.25 Å². The highest BCUT2D eigenvalue weighted by Gasteiger charge is 2.04. The van der Waals surface area contributed by atoms with E-state index in [1.165, 1.54) is 0 Å². The van der Waals surface area contributed by atoms with Gasteiger partial charge in [0.25, 0.3) is 0 Å². The van der Waals surface area contributed by atoms with Crippen LogP contribution in [0, 0.1) is 0 Å². The first-order valence-corrected chi connectivity index (χ1v) is 5.69. The molecule has 3 nitrogen and oxygen atoms in total. The van der Waals surface area contributed by atoms with E-state index in [4.69, 9.17) is 9.47 Å². The number of nitrogens with one attached hydrogen (secondary N) is 1. The smallest absolute Gasteiger partial charge is 0.162 e. The molecular weight excluding hydrogens is 210 g/mol. The molecule has 1 aromatic carbocycles. The maximum absolute atomic E-state index is 5.21. The van der Waals surface area contributed by atoms with Gasteiger partial charge < -0.3 is 14.2 Å². The summed E-state index contributed by atoms with van der Waals surface area (Å²) in [5.74, 6) is 1.49. The van der Waals surface area contributed by atoms with Crippen LogP contribution in [0.3, 0.4) is 0 Å². The van der Waals surface area contributed by atoms with E-state index in [0.717, 1.165) is 17.2 Å². The van der Waals surface area contributed by atoms with Crippen molar-refractivity contribution in [3.8, 4) is 11.5 Å². The molecule has 0 heterocycles. The van der Waals surface area contributed by atoms with Crippen LogP contribution in [-0.2, 0) is 0 Å². The minimum Gasteiger partial charge on any atom is -0.493 e. The second-order valence-corrected chi connectivity index (χ2v) is 4.72. The summed E-state index contributed by atoms with van der Waals surface area (Å²) in [5.41, 5.74) is 1.02. The third kappa shape index (κ3) is 3.55. The summed E-state index contributed by atoms with van der Waals surface area (Å²) in [5, 5.41) is 0.540. The molecule has 0 saturated carbocycles. The number of rotatable bonds is 5. The minimum absolute atomic E-state index is 0.540. The van der Waals surface area contributed by atoms with E-state index >= 15 is 0 Å². The lowest BCUT2D eigenvalue weighted by molar-refractivity contribution is 0.355. The molecule has 4 heteroatoms. The van der Waals surface area contributed by atoms with Gasteiger partial charge in [-0.3, -0.25) is 0 Å². The number of benzene rings is 1. The highest BCUT2D eigenvalue weighted by molar-refractivity contribution is 8.01. The van der Waals surface area contributed by atoms with E-state index in [9.17, 15) is 0 Å². The average Bonchev–Trinajstić information content (AvgIpc) is 2.25. The molecular formula is C11H17NO2S. The van der Waals surface area contributed by atoms with E-state index in [-0.39, 0.29) is 0 Å². The Kier molecular flexibility index (Phi) is 4.62. The molecule has 0 unspecified atom stereocenters. The van der Waals surface area contributed by atoms with Crippen LogP contribution in [0.2, 0.25) is 0 Å². The summed E-state index contributed by atoms with van der Waals surface area (Å²) in [6.45, 7) is 4.27. The molecule has 0 fully saturated rings. The summed E-state index contributed by atoms with van der Waals surface area (Å²) in [6.07, 6.45) is 0. The Labute approximate surface area is 95.3 Å². The number of anilines is 1. The summed E-state index contributed by atoms with van der Waals surface area (Å²) < 4.78 is 13.6. The zero-order chi connectivity index (χ0) is 11.3. The van der Waals surface area contributed by atoms with Crippen LogP contribution in [-0.4, -0.2) is 19.5 Å². The van der Waals surface area contributed by atoms with Gasteiger partial charge in [-0.1, -0.05) is 13.8 Å². The second kappa shape index (κ2) is 5.75. The van der Waals surface area contributed by atoms with Crippen molar-refractivity contribution in [3.05, 3.63) is 18.2 Å². The number of hydrogen-bond donors (Lipinski definition) is 1. The van der Waals surface area contributed by atoms with Gasteiger partial charge in [0.2, 0.25) is 0 Å². The van der Waals surface area contributed by atoms with Crippen LogP contribution < -0.4 is 14.2 Å². The fraction of sp³-hybridized carbons (Fsp3) is 0.455. The van der Waals surface area contributed by atoms with Gasteiger partial charge in [0.15, 0.2) is 11.5 Å². The van der Waals surface area contributed by atoms with E-state index in [1.54, 1.807) is 26.2 Å². The molecule has 1 aromatic rings. The quantitative estimate of drug-likeness (QED) is 0.783. The molecule has 15 heavy (non-hydrogen) atoms. The van der Waals surface area contributed by atoms with Crippen LogP contribution >= 0.6 is 11.9 Å². The SMILES string of the molecule is COc1ccc(NSC(C)C)cc1OC. The largest absolute Gasteiger partial charge is 0.493 e. The molecule has 1 N–H and O–H groups in total. The third-order valence-corrected chi connectivity index (χ3v) is 2.62. The zero-order valence-electron chi connectivity index (χ0n) is 9.53. The van der Waals surface area contributed by atoms with E-state index in [1.807, 2.05) is 18.2 Å². The van der Waals surface area contributed by atoms with Crippen LogP contribution in [0.5, 0.6) is 11.5 Å². The number of ether oxygens (including phenoxy) is 2. The van der Waals surface area contributed by atoms with Crippen molar-refractivity contribution in [2.45, 2.75) is 19.1 Å². The first kappa shape index (κ1) is 12.0. The molecule has 0 aliphatic carbocycles. The third-order valence-electron chi connectivity index (χ3n) is 1.80. The monoisotopic (exact) mass is 227 g/mol. The van der Waals surface area contributed by atoms with Crippen LogP contribution in [0.15, 0.2) is 18.2 Å². The molecule has 0 radical (unpaired) electrons. The first-order chi connectivity index (χ1) is 7.17. The van der Waals surface area contributed by atoms with Gasteiger partial charge >= 0.3 is 0 Å². The van der Waals surface area contributed by atoms with Gasteiger partial charge in [-0.05, 0) is 24.1 Å². The van der Waals surface area contributed by atoms with Gasteiger partial charge in [0.05, 0.1) is 14.2 Å². The first-order valence-electron chi connectivity index (χ1n) is 4.81. The van der Waals surface area contributed by atoms with Crippen molar-refractivity contribution in [1.29, 1.82) is 0 Å². The Balaban J connectivity index is 2.74. The zero-order valence-corrected chi connectivity index (χ0v) is 10.4. The Hall–Kier alpha value is -1.03. The van der Waals surface area contributed by atoms with Gasteiger partial charge in [-0.15, -0.1) is 0 Å². The normalized spacial score (nSPS) is 10.2. The summed E-state index contributed by atoms with van der Waals surface area (Å²) in [7, 11) is 3.27. The molecule has 0 aromatic heterocycles. The number of methoxy groups -OCH3 is 2. The van der Waals surface area contributed by atoms with Gasteiger partial charge in [0, 0.05) is 17.0 Å². The maximum Gasteiger partial charge on any atom is 0.162 e. The predicted molar refractivity (Wildman–Crippen MR) is 65.9 cm³/mol. The lowest BCUT2D eigenvalue weighted by atomic mass is 10.3. The highest BCUT2D eigenvalue weighted by atomic mass is 32.2. The summed E-state index contributed by atoms with van der Waals surface area (Å²) in [6, 6.07) is 5.78. The van der Waals surface area contributed by atoms with Crippen LogP contribution in [0.4, 0.5) is 5.69 Å². The van der Waals surface area contributed by atoms with Crippen molar-refractivity contribution < 1.29 is 9.47 Å². The van der Waals surface area contributed by atoms with Crippen molar-refractivity contribution >= 4 is 17.6 Å². The Morgan fingerprint density at radius 2 is 1.80 bits per heavy atom. The van der Waals surface area contributed by atoms with E-state index < -0.39 is 0 Å². The Morgan fingerprint density at radius 3 is 2.33 bits per heavy atom. The molecule has 1 rings (SSSR count). The summed E-state index contributed by atoms with van der Waals surface area (Å²) in [4.78, 5) is 0. The van der Waals surface area contributed by atoms with Crippen LogP contribution in [0.1, 0.15) is 13.8 Å². The molecule has 0 aliphatic heterocycles. The fourth-order valence-electron chi connectivity index (χ4n) is 1.09.